The van der Waals surface area contributed by atoms with E-state index in [0.717, 1.165) is 18.4 Å². The summed E-state index contributed by atoms with van der Waals surface area (Å²) in [5, 5.41) is 2.93. The van der Waals surface area contributed by atoms with Crippen LogP contribution in [0.25, 0.3) is 0 Å². The Balaban J connectivity index is 1.38. The van der Waals surface area contributed by atoms with Crippen molar-refractivity contribution < 1.29 is 14.3 Å². The largest absolute Gasteiger partial charge is 0.445 e. The molecule has 2 aromatic rings. The lowest BCUT2D eigenvalue weighted by molar-refractivity contribution is 0.0800. The van der Waals surface area contributed by atoms with Gasteiger partial charge < -0.3 is 15.0 Å². The predicted molar refractivity (Wildman–Crippen MR) is 105 cm³/mol. The van der Waals surface area contributed by atoms with Gasteiger partial charge in [-0.1, -0.05) is 36.4 Å². The second-order valence-electron chi connectivity index (χ2n) is 6.53. The zero-order chi connectivity index (χ0) is 19.1. The van der Waals surface area contributed by atoms with Gasteiger partial charge >= 0.3 is 6.09 Å². The molecule has 0 spiro atoms. The highest BCUT2D eigenvalue weighted by Crippen LogP contribution is 2.18. The molecule has 0 radical (unpaired) electrons. The molecule has 1 fully saturated rings. The number of halogens is 1. The minimum atomic E-state index is -0.278. The second-order valence-corrected chi connectivity index (χ2v) is 7.34. The molecule has 142 valence electrons. The van der Waals surface area contributed by atoms with Gasteiger partial charge in [-0.15, -0.1) is 0 Å². The minimum absolute atomic E-state index is 0.180. The molecule has 3 rings (SSSR count). The SMILES string of the molecule is O=C(NCC1CCN(C(=O)OCc2ccccc2)CC1)c1cccc(Br)n1. The molecule has 1 N–H and O–H groups in total. The van der Waals surface area contributed by atoms with Crippen LogP contribution in [-0.4, -0.2) is 41.5 Å². The van der Waals surface area contributed by atoms with Gasteiger partial charge in [0.15, 0.2) is 0 Å². The summed E-state index contributed by atoms with van der Waals surface area (Å²) < 4.78 is 6.01. The lowest BCUT2D eigenvalue weighted by atomic mass is 9.97. The molecule has 0 aliphatic carbocycles. The quantitative estimate of drug-likeness (QED) is 0.733. The lowest BCUT2D eigenvalue weighted by Gasteiger charge is -2.31. The standard InChI is InChI=1S/C20H22BrN3O3/c21-18-8-4-7-17(23-18)19(25)22-13-15-9-11-24(12-10-15)20(26)27-14-16-5-2-1-3-6-16/h1-8,15H,9-14H2,(H,22,25). The molecular weight excluding hydrogens is 410 g/mol. The predicted octanol–water partition coefficient (Wildman–Crippen LogP) is 3.62. The normalized spacial score (nSPS) is 14.6. The molecule has 1 aliphatic heterocycles. The molecule has 7 heteroatoms. The zero-order valence-electron chi connectivity index (χ0n) is 14.9. The number of amides is 2. The summed E-state index contributed by atoms with van der Waals surface area (Å²) in [7, 11) is 0. The van der Waals surface area contributed by atoms with Crippen LogP contribution in [0.3, 0.4) is 0 Å². The van der Waals surface area contributed by atoms with E-state index < -0.39 is 0 Å². The Morgan fingerprint density at radius 1 is 1.11 bits per heavy atom. The van der Waals surface area contributed by atoms with Gasteiger partial charge in [-0.2, -0.15) is 0 Å². The smallest absolute Gasteiger partial charge is 0.410 e. The summed E-state index contributed by atoms with van der Waals surface area (Å²) in [6.07, 6.45) is 1.40. The maximum absolute atomic E-state index is 12.2. The molecule has 27 heavy (non-hydrogen) atoms. The minimum Gasteiger partial charge on any atom is -0.445 e. The number of pyridine rings is 1. The number of carbonyl (C=O) groups is 2. The number of rotatable bonds is 5. The van der Waals surface area contributed by atoms with Crippen LogP contribution in [0.1, 0.15) is 28.9 Å². The van der Waals surface area contributed by atoms with Crippen LogP contribution < -0.4 is 5.32 Å². The first-order valence-electron chi connectivity index (χ1n) is 8.98. The highest BCUT2D eigenvalue weighted by Gasteiger charge is 2.24. The van der Waals surface area contributed by atoms with Gasteiger partial charge in [0.25, 0.3) is 5.91 Å². The summed E-state index contributed by atoms with van der Waals surface area (Å²) in [5.74, 6) is 0.167. The number of hydrogen-bond donors (Lipinski definition) is 1. The fourth-order valence-electron chi connectivity index (χ4n) is 2.99. The van der Waals surface area contributed by atoms with Crippen LogP contribution in [-0.2, 0) is 11.3 Å². The van der Waals surface area contributed by atoms with E-state index in [1.54, 1.807) is 23.1 Å². The van der Waals surface area contributed by atoms with E-state index in [4.69, 9.17) is 4.74 Å². The molecule has 2 amide bonds. The van der Waals surface area contributed by atoms with Crippen LogP contribution >= 0.6 is 15.9 Å². The molecule has 6 nitrogen and oxygen atoms in total. The Kier molecular flexibility index (Phi) is 6.81. The third-order valence-corrected chi connectivity index (χ3v) is 5.02. The summed E-state index contributed by atoms with van der Waals surface area (Å²) in [6, 6.07) is 14.9. The molecule has 0 bridgehead atoms. The van der Waals surface area contributed by atoms with Crippen LogP contribution in [0.15, 0.2) is 53.1 Å². The number of likely N-dealkylation sites (tertiary alicyclic amines) is 1. The van der Waals surface area contributed by atoms with Gasteiger partial charge in [0.2, 0.25) is 0 Å². The van der Waals surface area contributed by atoms with Crippen molar-refractivity contribution >= 4 is 27.9 Å². The van der Waals surface area contributed by atoms with Crippen molar-refractivity contribution in [3.63, 3.8) is 0 Å². The molecule has 1 aromatic carbocycles. The van der Waals surface area contributed by atoms with Crippen molar-refractivity contribution in [1.29, 1.82) is 0 Å². The van der Waals surface area contributed by atoms with Gasteiger partial charge in [-0.3, -0.25) is 4.79 Å². The van der Waals surface area contributed by atoms with Gasteiger partial charge in [0.1, 0.15) is 16.9 Å². The maximum Gasteiger partial charge on any atom is 0.410 e. The number of hydrogen-bond acceptors (Lipinski definition) is 4. The molecular formula is C20H22BrN3O3. The lowest BCUT2D eigenvalue weighted by Crippen LogP contribution is -2.41. The first kappa shape index (κ1) is 19.4. The Labute approximate surface area is 167 Å². The number of nitrogens with zero attached hydrogens (tertiary/aromatic N) is 2. The molecule has 1 aliphatic rings. The van der Waals surface area contributed by atoms with Crippen molar-refractivity contribution in [3.05, 3.63) is 64.4 Å². The van der Waals surface area contributed by atoms with Crippen molar-refractivity contribution in [2.45, 2.75) is 19.4 Å². The topological polar surface area (TPSA) is 71.5 Å². The molecule has 1 saturated heterocycles. The van der Waals surface area contributed by atoms with Crippen LogP contribution in [0.4, 0.5) is 4.79 Å². The van der Waals surface area contributed by atoms with Gasteiger partial charge in [0, 0.05) is 19.6 Å². The summed E-state index contributed by atoms with van der Waals surface area (Å²) >= 11 is 3.27. The molecule has 0 atom stereocenters. The Morgan fingerprint density at radius 3 is 2.56 bits per heavy atom. The van der Waals surface area contributed by atoms with E-state index in [1.165, 1.54) is 0 Å². The Morgan fingerprint density at radius 2 is 1.85 bits per heavy atom. The number of benzene rings is 1. The van der Waals surface area contributed by atoms with Crippen molar-refractivity contribution in [1.82, 2.24) is 15.2 Å². The molecule has 1 aromatic heterocycles. The zero-order valence-corrected chi connectivity index (χ0v) is 16.5. The van der Waals surface area contributed by atoms with Crippen molar-refractivity contribution in [2.75, 3.05) is 19.6 Å². The fraction of sp³-hybridized carbons (Fsp3) is 0.350. The number of aromatic nitrogens is 1. The van der Waals surface area contributed by atoms with Crippen molar-refractivity contribution in [3.8, 4) is 0 Å². The van der Waals surface area contributed by atoms with Crippen LogP contribution in [0.5, 0.6) is 0 Å². The average molecular weight is 432 g/mol. The third kappa shape index (κ3) is 5.79. The van der Waals surface area contributed by atoms with Gasteiger partial charge in [0.05, 0.1) is 0 Å². The van der Waals surface area contributed by atoms with Crippen LogP contribution in [0.2, 0.25) is 0 Å². The van der Waals surface area contributed by atoms with Gasteiger partial charge in [-0.05, 0) is 52.4 Å². The molecule has 0 saturated carbocycles. The van der Waals surface area contributed by atoms with E-state index >= 15 is 0 Å². The second kappa shape index (κ2) is 9.50. The summed E-state index contributed by atoms with van der Waals surface area (Å²) in [5.41, 5.74) is 1.37. The average Bonchev–Trinajstić information content (AvgIpc) is 2.71. The Bertz CT molecular complexity index is 777. The van der Waals surface area contributed by atoms with E-state index in [0.29, 0.717) is 35.8 Å². The highest BCUT2D eigenvalue weighted by atomic mass is 79.9. The monoisotopic (exact) mass is 431 g/mol. The fourth-order valence-corrected chi connectivity index (χ4v) is 3.34. The highest BCUT2D eigenvalue weighted by molar-refractivity contribution is 9.10. The number of ether oxygens (including phenoxy) is 1. The maximum atomic E-state index is 12.2. The van der Waals surface area contributed by atoms with E-state index in [9.17, 15) is 9.59 Å². The van der Waals surface area contributed by atoms with E-state index in [2.05, 4.69) is 26.2 Å². The number of nitrogens with one attached hydrogen (secondary N) is 1. The number of piperidine rings is 1. The first-order valence-corrected chi connectivity index (χ1v) is 9.77. The van der Waals surface area contributed by atoms with Gasteiger partial charge in [-0.25, -0.2) is 9.78 Å². The molecule has 2 heterocycles. The summed E-state index contributed by atoms with van der Waals surface area (Å²) in [4.78, 5) is 30.2. The van der Waals surface area contributed by atoms with E-state index in [1.807, 2.05) is 30.3 Å². The third-order valence-electron chi connectivity index (χ3n) is 4.58. The van der Waals surface area contributed by atoms with Crippen molar-refractivity contribution in [2.24, 2.45) is 5.92 Å². The number of carbonyl (C=O) groups excluding carboxylic acids is 2. The Hall–Kier alpha value is -2.41. The molecule has 0 unspecified atom stereocenters. The summed E-state index contributed by atoms with van der Waals surface area (Å²) in [6.45, 7) is 2.15. The first-order chi connectivity index (χ1) is 13.1. The van der Waals surface area contributed by atoms with E-state index in [-0.39, 0.29) is 18.6 Å². The van der Waals surface area contributed by atoms with Crippen LogP contribution in [0, 0.1) is 5.92 Å².